The summed E-state index contributed by atoms with van der Waals surface area (Å²) in [5, 5.41) is 6.24. The SMILES string of the molecule is O=C(CN1CCC(CNc2ccccn2)C1)NCc1ccco1. The quantitative estimate of drug-likeness (QED) is 0.814. The van der Waals surface area contributed by atoms with Crippen molar-refractivity contribution in [2.45, 2.75) is 13.0 Å². The van der Waals surface area contributed by atoms with Crippen LogP contribution in [0.5, 0.6) is 0 Å². The average Bonchev–Trinajstić information content (AvgIpc) is 3.24. The van der Waals surface area contributed by atoms with E-state index in [0.29, 0.717) is 19.0 Å². The Morgan fingerprint density at radius 2 is 2.30 bits per heavy atom. The summed E-state index contributed by atoms with van der Waals surface area (Å²) < 4.78 is 5.20. The highest BCUT2D eigenvalue weighted by Gasteiger charge is 2.23. The number of pyridine rings is 1. The third kappa shape index (κ3) is 4.82. The maximum atomic E-state index is 12.0. The number of furan rings is 1. The van der Waals surface area contributed by atoms with Gasteiger partial charge >= 0.3 is 0 Å². The number of aromatic nitrogens is 1. The van der Waals surface area contributed by atoms with Crippen molar-refractivity contribution in [1.29, 1.82) is 0 Å². The summed E-state index contributed by atoms with van der Waals surface area (Å²) >= 11 is 0. The molecule has 0 radical (unpaired) electrons. The van der Waals surface area contributed by atoms with Gasteiger partial charge in [0.1, 0.15) is 11.6 Å². The van der Waals surface area contributed by atoms with E-state index in [4.69, 9.17) is 4.42 Å². The summed E-state index contributed by atoms with van der Waals surface area (Å²) in [6.45, 7) is 3.68. The first kappa shape index (κ1) is 15.6. The molecule has 0 saturated carbocycles. The van der Waals surface area contributed by atoms with Gasteiger partial charge in [-0.1, -0.05) is 6.07 Å². The zero-order valence-corrected chi connectivity index (χ0v) is 13.1. The fourth-order valence-electron chi connectivity index (χ4n) is 2.80. The minimum atomic E-state index is 0.0414. The molecule has 3 rings (SSSR count). The van der Waals surface area contributed by atoms with Crippen LogP contribution < -0.4 is 10.6 Å². The van der Waals surface area contributed by atoms with Gasteiger partial charge in [-0.15, -0.1) is 0 Å². The Hall–Kier alpha value is -2.34. The smallest absolute Gasteiger partial charge is 0.234 e. The standard InChI is InChI=1S/C17H22N4O2/c22-17(20-11-15-4-3-9-23-15)13-21-8-6-14(12-21)10-19-16-5-1-2-7-18-16/h1-5,7,9,14H,6,8,10-13H2,(H,18,19)(H,20,22). The molecule has 2 aromatic heterocycles. The summed E-state index contributed by atoms with van der Waals surface area (Å²) in [5.74, 6) is 2.27. The third-order valence-electron chi connectivity index (χ3n) is 4.01. The van der Waals surface area contributed by atoms with Gasteiger partial charge in [-0.05, 0) is 43.1 Å². The van der Waals surface area contributed by atoms with Crippen LogP contribution in [-0.4, -0.2) is 42.0 Å². The number of likely N-dealkylation sites (tertiary alicyclic amines) is 1. The fraction of sp³-hybridized carbons (Fsp3) is 0.412. The van der Waals surface area contributed by atoms with Gasteiger partial charge in [0.15, 0.2) is 0 Å². The van der Waals surface area contributed by atoms with E-state index in [1.54, 1.807) is 12.5 Å². The number of rotatable bonds is 7. The molecular weight excluding hydrogens is 292 g/mol. The van der Waals surface area contributed by atoms with Crippen LogP contribution in [0.15, 0.2) is 47.2 Å². The zero-order chi connectivity index (χ0) is 15.9. The normalized spacial score (nSPS) is 18.0. The van der Waals surface area contributed by atoms with E-state index in [1.165, 1.54) is 0 Å². The van der Waals surface area contributed by atoms with Crippen molar-refractivity contribution >= 4 is 11.7 Å². The Kier molecular flexibility index (Phi) is 5.26. The largest absolute Gasteiger partial charge is 0.467 e. The summed E-state index contributed by atoms with van der Waals surface area (Å²) in [6.07, 6.45) is 4.50. The van der Waals surface area contributed by atoms with Crippen LogP contribution in [0, 0.1) is 5.92 Å². The summed E-state index contributed by atoms with van der Waals surface area (Å²) in [7, 11) is 0. The second-order valence-corrected chi connectivity index (χ2v) is 5.84. The highest BCUT2D eigenvalue weighted by atomic mass is 16.3. The number of anilines is 1. The third-order valence-corrected chi connectivity index (χ3v) is 4.01. The summed E-state index contributed by atoms with van der Waals surface area (Å²) in [6, 6.07) is 9.52. The van der Waals surface area contributed by atoms with E-state index in [2.05, 4.69) is 20.5 Å². The molecule has 1 saturated heterocycles. The Morgan fingerprint density at radius 3 is 3.09 bits per heavy atom. The molecule has 23 heavy (non-hydrogen) atoms. The predicted octanol–water partition coefficient (Wildman–Crippen LogP) is 1.72. The van der Waals surface area contributed by atoms with Crippen LogP contribution in [0.4, 0.5) is 5.82 Å². The van der Waals surface area contributed by atoms with Crippen molar-refractivity contribution < 1.29 is 9.21 Å². The molecule has 0 aromatic carbocycles. The second-order valence-electron chi connectivity index (χ2n) is 5.84. The van der Waals surface area contributed by atoms with Crippen LogP contribution in [-0.2, 0) is 11.3 Å². The number of carbonyl (C=O) groups excluding carboxylic acids is 1. The number of carbonyl (C=O) groups is 1. The topological polar surface area (TPSA) is 70.4 Å². The number of nitrogens with one attached hydrogen (secondary N) is 2. The lowest BCUT2D eigenvalue weighted by atomic mass is 10.1. The minimum absolute atomic E-state index is 0.0414. The van der Waals surface area contributed by atoms with E-state index in [0.717, 1.165) is 37.6 Å². The molecule has 6 heteroatoms. The van der Waals surface area contributed by atoms with Gasteiger partial charge < -0.3 is 15.1 Å². The van der Waals surface area contributed by atoms with Crippen molar-refractivity contribution in [3.8, 4) is 0 Å². The van der Waals surface area contributed by atoms with E-state index in [-0.39, 0.29) is 5.91 Å². The molecule has 1 unspecified atom stereocenters. The molecule has 1 aliphatic rings. The van der Waals surface area contributed by atoms with Gasteiger partial charge in [0.2, 0.25) is 5.91 Å². The van der Waals surface area contributed by atoms with Gasteiger partial charge in [-0.2, -0.15) is 0 Å². The highest BCUT2D eigenvalue weighted by molar-refractivity contribution is 5.77. The van der Waals surface area contributed by atoms with Crippen LogP contribution in [0.25, 0.3) is 0 Å². The number of hydrogen-bond acceptors (Lipinski definition) is 5. The molecule has 1 fully saturated rings. The summed E-state index contributed by atoms with van der Waals surface area (Å²) in [5.41, 5.74) is 0. The molecule has 122 valence electrons. The highest BCUT2D eigenvalue weighted by Crippen LogP contribution is 2.16. The molecule has 0 spiro atoms. The monoisotopic (exact) mass is 314 g/mol. The molecule has 2 aromatic rings. The molecule has 1 aliphatic heterocycles. The number of nitrogens with zero attached hydrogens (tertiary/aromatic N) is 2. The Bertz CT molecular complexity index is 600. The molecular formula is C17H22N4O2. The predicted molar refractivity (Wildman–Crippen MR) is 87.8 cm³/mol. The molecule has 0 aliphatic carbocycles. The van der Waals surface area contributed by atoms with Gasteiger partial charge in [-0.25, -0.2) is 4.98 Å². The van der Waals surface area contributed by atoms with E-state index < -0.39 is 0 Å². The van der Waals surface area contributed by atoms with E-state index in [9.17, 15) is 4.79 Å². The first-order valence-electron chi connectivity index (χ1n) is 7.96. The lowest BCUT2D eigenvalue weighted by molar-refractivity contribution is -0.122. The number of amides is 1. The van der Waals surface area contributed by atoms with Gasteiger partial charge in [0.25, 0.3) is 0 Å². The van der Waals surface area contributed by atoms with Crippen molar-refractivity contribution in [3.63, 3.8) is 0 Å². The average molecular weight is 314 g/mol. The van der Waals surface area contributed by atoms with Gasteiger partial charge in [0, 0.05) is 19.3 Å². The molecule has 0 bridgehead atoms. The Morgan fingerprint density at radius 1 is 1.35 bits per heavy atom. The van der Waals surface area contributed by atoms with Crippen LogP contribution >= 0.6 is 0 Å². The first-order valence-corrected chi connectivity index (χ1v) is 7.96. The lowest BCUT2D eigenvalue weighted by Crippen LogP contribution is -2.36. The van der Waals surface area contributed by atoms with Crippen LogP contribution in [0.1, 0.15) is 12.2 Å². The van der Waals surface area contributed by atoms with Gasteiger partial charge in [-0.3, -0.25) is 9.69 Å². The van der Waals surface area contributed by atoms with Crippen molar-refractivity contribution in [2.24, 2.45) is 5.92 Å². The fourth-order valence-corrected chi connectivity index (χ4v) is 2.80. The first-order chi connectivity index (χ1) is 11.3. The van der Waals surface area contributed by atoms with Crippen molar-refractivity contribution in [1.82, 2.24) is 15.2 Å². The second kappa shape index (κ2) is 7.78. The molecule has 2 N–H and O–H groups in total. The van der Waals surface area contributed by atoms with Crippen LogP contribution in [0.3, 0.4) is 0 Å². The summed E-state index contributed by atoms with van der Waals surface area (Å²) in [4.78, 5) is 18.4. The van der Waals surface area contributed by atoms with Crippen molar-refractivity contribution in [2.75, 3.05) is 31.5 Å². The molecule has 3 heterocycles. The lowest BCUT2D eigenvalue weighted by Gasteiger charge is -2.16. The van der Waals surface area contributed by atoms with Gasteiger partial charge in [0.05, 0.1) is 19.4 Å². The molecule has 1 amide bonds. The minimum Gasteiger partial charge on any atom is -0.467 e. The van der Waals surface area contributed by atoms with E-state index in [1.807, 2.05) is 30.3 Å². The van der Waals surface area contributed by atoms with E-state index >= 15 is 0 Å². The maximum Gasteiger partial charge on any atom is 0.234 e. The number of hydrogen-bond donors (Lipinski definition) is 2. The Labute approximate surface area is 135 Å². The zero-order valence-electron chi connectivity index (χ0n) is 13.1. The molecule has 1 atom stereocenters. The Balaban J connectivity index is 1.35. The maximum absolute atomic E-state index is 12.0. The van der Waals surface area contributed by atoms with Crippen LogP contribution in [0.2, 0.25) is 0 Å². The molecule has 6 nitrogen and oxygen atoms in total. The van der Waals surface area contributed by atoms with Crippen molar-refractivity contribution in [3.05, 3.63) is 48.6 Å².